The van der Waals surface area contributed by atoms with Crippen molar-refractivity contribution in [1.82, 2.24) is 4.98 Å². The van der Waals surface area contributed by atoms with Crippen LogP contribution in [0.2, 0.25) is 0 Å². The Morgan fingerprint density at radius 2 is 2.25 bits per heavy atom. The molecule has 0 aliphatic carbocycles. The lowest BCUT2D eigenvalue weighted by Crippen LogP contribution is -2.26. The first kappa shape index (κ1) is 14.2. The Labute approximate surface area is 121 Å². The maximum absolute atomic E-state index is 11.1. The van der Waals surface area contributed by atoms with Crippen molar-refractivity contribution in [3.05, 3.63) is 39.0 Å². The Hall–Kier alpha value is -2.22. The molecule has 0 amide bonds. The maximum Gasteiger partial charge on any atom is 0.325 e. The Morgan fingerprint density at radius 1 is 1.55 bits per heavy atom. The summed E-state index contributed by atoms with van der Waals surface area (Å²) in [5.74, 6) is -1.10. The minimum absolute atomic E-state index is 0.149. The predicted molar refractivity (Wildman–Crippen MR) is 76.8 cm³/mol. The molecule has 0 aliphatic rings. The van der Waals surface area contributed by atoms with Crippen molar-refractivity contribution < 1.29 is 14.8 Å². The average Bonchev–Trinajstić information content (AvgIpc) is 2.38. The molecule has 2 rings (SSSR count). The van der Waals surface area contributed by atoms with E-state index in [9.17, 15) is 14.9 Å². The minimum Gasteiger partial charge on any atom is -0.480 e. The highest BCUT2D eigenvalue weighted by Crippen LogP contribution is 2.33. The van der Waals surface area contributed by atoms with Crippen molar-refractivity contribution in [2.45, 2.75) is 13.0 Å². The number of fused-ring (bicyclic) bond motifs is 1. The second kappa shape index (κ2) is 5.41. The van der Waals surface area contributed by atoms with E-state index in [0.717, 1.165) is 10.7 Å². The van der Waals surface area contributed by atoms with E-state index < -0.39 is 16.9 Å². The number of benzene rings is 1. The number of aliphatic carboxylic acids is 1. The van der Waals surface area contributed by atoms with Gasteiger partial charge in [-0.05, 0) is 25.1 Å². The topological polar surface area (TPSA) is 105 Å². The quantitative estimate of drug-likeness (QED) is 0.655. The second-order valence-electron chi connectivity index (χ2n) is 4.14. The van der Waals surface area contributed by atoms with E-state index in [0.29, 0.717) is 10.9 Å². The number of nitro groups is 1. The van der Waals surface area contributed by atoms with Gasteiger partial charge in [-0.15, -0.1) is 0 Å². The molecule has 1 atom stereocenters. The van der Waals surface area contributed by atoms with Gasteiger partial charge in [-0.1, -0.05) is 15.9 Å². The Balaban J connectivity index is 2.67. The highest BCUT2D eigenvalue weighted by atomic mass is 79.9. The van der Waals surface area contributed by atoms with Gasteiger partial charge in [0, 0.05) is 9.86 Å². The van der Waals surface area contributed by atoms with E-state index in [1.54, 1.807) is 18.2 Å². The summed E-state index contributed by atoms with van der Waals surface area (Å²) in [6.45, 7) is 1.41. The molecule has 0 saturated carbocycles. The van der Waals surface area contributed by atoms with Crippen LogP contribution in [0.4, 0.5) is 11.4 Å². The van der Waals surface area contributed by atoms with Gasteiger partial charge in [-0.2, -0.15) is 0 Å². The first-order valence-corrected chi connectivity index (χ1v) is 6.41. The Kier molecular flexibility index (Phi) is 3.84. The van der Waals surface area contributed by atoms with Crippen LogP contribution in [0.25, 0.3) is 10.9 Å². The van der Waals surface area contributed by atoms with E-state index in [1.807, 2.05) is 0 Å². The molecule has 0 saturated heterocycles. The summed E-state index contributed by atoms with van der Waals surface area (Å²) in [6, 6.07) is 4.15. The van der Waals surface area contributed by atoms with Crippen LogP contribution in [0.1, 0.15) is 6.92 Å². The molecule has 1 aromatic carbocycles. The van der Waals surface area contributed by atoms with E-state index in [1.165, 1.54) is 6.92 Å². The summed E-state index contributed by atoms with van der Waals surface area (Å²) in [7, 11) is 0. The molecule has 1 aromatic heterocycles. The summed E-state index contributed by atoms with van der Waals surface area (Å²) in [5.41, 5.74) is 0.429. The van der Waals surface area contributed by atoms with E-state index >= 15 is 0 Å². The first-order chi connectivity index (χ1) is 9.40. The van der Waals surface area contributed by atoms with Gasteiger partial charge in [0.25, 0.3) is 0 Å². The van der Waals surface area contributed by atoms with E-state index in [4.69, 9.17) is 5.11 Å². The van der Waals surface area contributed by atoms with Gasteiger partial charge in [0.05, 0.1) is 10.4 Å². The fourth-order valence-corrected chi connectivity index (χ4v) is 2.08. The summed E-state index contributed by atoms with van der Waals surface area (Å²) in [6.07, 6.45) is 1.12. The molecule has 1 unspecified atom stereocenters. The lowest BCUT2D eigenvalue weighted by Gasteiger charge is -2.13. The summed E-state index contributed by atoms with van der Waals surface area (Å²) < 4.78 is 0.721. The number of carboxylic acids is 1. The number of halogens is 1. The van der Waals surface area contributed by atoms with Crippen LogP contribution >= 0.6 is 15.9 Å². The molecule has 0 aliphatic heterocycles. The zero-order chi connectivity index (χ0) is 14.9. The van der Waals surface area contributed by atoms with Gasteiger partial charge in [-0.3, -0.25) is 14.9 Å². The molecule has 104 valence electrons. The molecule has 20 heavy (non-hydrogen) atoms. The van der Waals surface area contributed by atoms with Gasteiger partial charge >= 0.3 is 11.7 Å². The molecule has 0 spiro atoms. The number of anilines is 1. The maximum atomic E-state index is 11.1. The van der Waals surface area contributed by atoms with Crippen LogP contribution in [-0.2, 0) is 4.79 Å². The van der Waals surface area contributed by atoms with Gasteiger partial charge in [0.1, 0.15) is 17.9 Å². The summed E-state index contributed by atoms with van der Waals surface area (Å²) in [5, 5.41) is 23.2. The second-order valence-corrected chi connectivity index (χ2v) is 5.06. The fourth-order valence-electron chi connectivity index (χ4n) is 1.72. The van der Waals surface area contributed by atoms with Crippen molar-refractivity contribution in [1.29, 1.82) is 0 Å². The monoisotopic (exact) mass is 339 g/mol. The number of nitrogens with one attached hydrogen (secondary N) is 1. The van der Waals surface area contributed by atoms with E-state index in [2.05, 4.69) is 26.2 Å². The largest absolute Gasteiger partial charge is 0.480 e. The first-order valence-electron chi connectivity index (χ1n) is 5.62. The fraction of sp³-hybridized carbons (Fsp3) is 0.167. The van der Waals surface area contributed by atoms with Crippen LogP contribution in [0.5, 0.6) is 0 Å². The van der Waals surface area contributed by atoms with Crippen LogP contribution in [0.15, 0.2) is 28.9 Å². The van der Waals surface area contributed by atoms with Crippen LogP contribution in [0.3, 0.4) is 0 Å². The van der Waals surface area contributed by atoms with Crippen molar-refractivity contribution in [3.8, 4) is 0 Å². The van der Waals surface area contributed by atoms with Crippen molar-refractivity contribution in [2.75, 3.05) is 5.32 Å². The molecule has 8 heteroatoms. The highest BCUT2D eigenvalue weighted by molar-refractivity contribution is 9.10. The number of rotatable bonds is 4. The van der Waals surface area contributed by atoms with E-state index in [-0.39, 0.29) is 11.4 Å². The number of pyridine rings is 1. The third kappa shape index (κ3) is 2.69. The Bertz CT molecular complexity index is 704. The zero-order valence-electron chi connectivity index (χ0n) is 10.3. The lowest BCUT2D eigenvalue weighted by atomic mass is 10.1. The molecular weight excluding hydrogens is 330 g/mol. The van der Waals surface area contributed by atoms with Crippen molar-refractivity contribution >= 4 is 44.2 Å². The normalized spacial score (nSPS) is 12.1. The number of hydrogen-bond acceptors (Lipinski definition) is 5. The Morgan fingerprint density at radius 3 is 2.85 bits per heavy atom. The number of carboxylic acid groups (broad SMARTS) is 1. The molecule has 0 radical (unpaired) electrons. The van der Waals surface area contributed by atoms with Crippen LogP contribution in [0, 0.1) is 10.1 Å². The number of carbonyl (C=O) groups is 1. The van der Waals surface area contributed by atoms with Gasteiger partial charge < -0.3 is 10.4 Å². The summed E-state index contributed by atoms with van der Waals surface area (Å²) >= 11 is 3.28. The molecule has 0 bridgehead atoms. The minimum atomic E-state index is -1.10. The molecule has 1 heterocycles. The van der Waals surface area contributed by atoms with Crippen molar-refractivity contribution in [2.24, 2.45) is 0 Å². The number of aromatic nitrogens is 1. The average molecular weight is 340 g/mol. The molecule has 0 fully saturated rings. The SMILES string of the molecule is CC(Nc1c([N+](=O)[O-])cnc2ccc(Br)cc12)C(=O)O. The number of hydrogen-bond donors (Lipinski definition) is 2. The van der Waals surface area contributed by atoms with Gasteiger partial charge in [-0.25, -0.2) is 4.98 Å². The predicted octanol–water partition coefficient (Wildman–Crippen LogP) is 2.79. The molecule has 2 aromatic rings. The van der Waals surface area contributed by atoms with Gasteiger partial charge in [0.2, 0.25) is 0 Å². The van der Waals surface area contributed by atoms with Crippen LogP contribution < -0.4 is 5.32 Å². The van der Waals surface area contributed by atoms with Gasteiger partial charge in [0.15, 0.2) is 0 Å². The molecular formula is C12H10BrN3O4. The smallest absolute Gasteiger partial charge is 0.325 e. The summed E-state index contributed by atoms with van der Waals surface area (Å²) in [4.78, 5) is 25.4. The third-order valence-corrected chi connectivity index (χ3v) is 3.23. The number of nitrogens with zero attached hydrogens (tertiary/aromatic N) is 2. The van der Waals surface area contributed by atoms with Crippen LogP contribution in [-0.4, -0.2) is 27.0 Å². The molecule has 7 nitrogen and oxygen atoms in total. The molecule has 2 N–H and O–H groups in total. The zero-order valence-corrected chi connectivity index (χ0v) is 11.9. The third-order valence-electron chi connectivity index (χ3n) is 2.74. The standard InChI is InChI=1S/C12H10BrN3O4/c1-6(12(17)18)15-11-8-4-7(13)2-3-9(8)14-5-10(11)16(19)20/h2-6H,1H3,(H,14,15)(H,17,18). The highest BCUT2D eigenvalue weighted by Gasteiger charge is 2.22. The van der Waals surface area contributed by atoms with Crippen molar-refractivity contribution in [3.63, 3.8) is 0 Å². The lowest BCUT2D eigenvalue weighted by molar-refractivity contribution is -0.384.